The van der Waals surface area contributed by atoms with Gasteiger partial charge in [0.05, 0.1) is 24.1 Å². The third kappa shape index (κ3) is 3.01. The Bertz CT molecular complexity index is 540. The lowest BCUT2D eigenvalue weighted by atomic mass is 10.1. The minimum absolute atomic E-state index is 0.108. The van der Waals surface area contributed by atoms with E-state index in [-0.39, 0.29) is 12.0 Å². The number of hydrogen-bond acceptors (Lipinski definition) is 4. The molecule has 0 unspecified atom stereocenters. The summed E-state index contributed by atoms with van der Waals surface area (Å²) in [5.41, 5.74) is 1.69. The second-order valence-electron chi connectivity index (χ2n) is 5.40. The number of fused-ring (bicyclic) bond motifs is 1. The Balaban J connectivity index is 1.52. The van der Waals surface area contributed by atoms with E-state index in [0.717, 1.165) is 37.9 Å². The molecule has 0 saturated carbocycles. The molecule has 3 heterocycles. The van der Waals surface area contributed by atoms with E-state index in [1.54, 1.807) is 11.1 Å². The van der Waals surface area contributed by atoms with Gasteiger partial charge >= 0.3 is 6.09 Å². The van der Waals surface area contributed by atoms with Crippen LogP contribution in [0.4, 0.5) is 4.79 Å². The summed E-state index contributed by atoms with van der Waals surface area (Å²) in [5, 5.41) is 7.12. The molecule has 0 spiro atoms. The maximum Gasteiger partial charge on any atom is 0.409 e. The Morgan fingerprint density at radius 3 is 3.10 bits per heavy atom. The minimum atomic E-state index is -0.293. The number of ether oxygens (including phenoxy) is 1. The molecule has 0 radical (unpaired) electrons. The van der Waals surface area contributed by atoms with Crippen molar-refractivity contribution in [2.75, 3.05) is 26.2 Å². The first-order valence-corrected chi connectivity index (χ1v) is 7.50. The second kappa shape index (κ2) is 6.15. The van der Waals surface area contributed by atoms with Crippen molar-refractivity contribution in [1.29, 1.82) is 0 Å². The molecule has 0 bridgehead atoms. The molecule has 21 heavy (non-hydrogen) atoms. The zero-order chi connectivity index (χ0) is 14.7. The summed E-state index contributed by atoms with van der Waals surface area (Å²) < 4.78 is 6.87. The van der Waals surface area contributed by atoms with Crippen molar-refractivity contribution in [3.8, 4) is 0 Å². The van der Waals surface area contributed by atoms with Crippen LogP contribution in [-0.4, -0.2) is 52.9 Å². The highest BCUT2D eigenvalue weighted by molar-refractivity contribution is 5.95. The number of rotatable bonds is 4. The van der Waals surface area contributed by atoms with E-state index in [9.17, 15) is 9.59 Å². The smallest absolute Gasteiger partial charge is 0.409 e. The van der Waals surface area contributed by atoms with Crippen molar-refractivity contribution in [3.05, 3.63) is 17.5 Å². The average molecular weight is 292 g/mol. The van der Waals surface area contributed by atoms with E-state index in [1.165, 1.54) is 0 Å². The van der Waals surface area contributed by atoms with E-state index in [4.69, 9.17) is 4.74 Å². The van der Waals surface area contributed by atoms with E-state index >= 15 is 0 Å². The average Bonchev–Trinajstić information content (AvgIpc) is 2.93. The molecule has 0 aromatic carbocycles. The first-order chi connectivity index (χ1) is 10.3. The molecule has 7 nitrogen and oxygen atoms in total. The summed E-state index contributed by atoms with van der Waals surface area (Å²) in [7, 11) is 0. The van der Waals surface area contributed by atoms with Gasteiger partial charge in [0.15, 0.2) is 0 Å². The second-order valence-corrected chi connectivity index (χ2v) is 5.40. The fourth-order valence-corrected chi connectivity index (χ4v) is 2.81. The van der Waals surface area contributed by atoms with E-state index in [0.29, 0.717) is 31.8 Å². The van der Waals surface area contributed by atoms with E-state index < -0.39 is 0 Å². The number of cyclic esters (lactones) is 1. The van der Waals surface area contributed by atoms with Crippen LogP contribution < -0.4 is 5.32 Å². The van der Waals surface area contributed by atoms with Crippen LogP contribution in [0.2, 0.25) is 0 Å². The molecule has 2 amide bonds. The van der Waals surface area contributed by atoms with Gasteiger partial charge in [-0.2, -0.15) is 5.10 Å². The van der Waals surface area contributed by atoms with Crippen LogP contribution in [0.25, 0.3) is 0 Å². The van der Waals surface area contributed by atoms with Gasteiger partial charge in [0, 0.05) is 26.2 Å². The summed E-state index contributed by atoms with van der Waals surface area (Å²) in [6.07, 6.45) is 5.32. The predicted octanol–water partition coefficient (Wildman–Crippen LogP) is 0.791. The molecule has 114 valence electrons. The van der Waals surface area contributed by atoms with Crippen LogP contribution >= 0.6 is 0 Å². The van der Waals surface area contributed by atoms with Gasteiger partial charge in [-0.05, 0) is 25.7 Å². The topological polar surface area (TPSA) is 76.5 Å². The van der Waals surface area contributed by atoms with Gasteiger partial charge in [-0.25, -0.2) is 4.79 Å². The van der Waals surface area contributed by atoms with Crippen LogP contribution in [0, 0.1) is 0 Å². The Morgan fingerprint density at radius 1 is 1.33 bits per heavy atom. The highest BCUT2D eigenvalue weighted by Crippen LogP contribution is 2.17. The number of nitrogens with zero attached hydrogens (tertiary/aromatic N) is 3. The van der Waals surface area contributed by atoms with Crippen molar-refractivity contribution in [2.45, 2.75) is 32.2 Å². The number of amides is 2. The number of nitrogens with one attached hydrogen (secondary N) is 1. The normalized spacial score (nSPS) is 18.1. The van der Waals surface area contributed by atoms with Gasteiger partial charge in [-0.3, -0.25) is 9.48 Å². The van der Waals surface area contributed by atoms with E-state index in [1.807, 2.05) is 4.68 Å². The summed E-state index contributed by atoms with van der Waals surface area (Å²) in [5.74, 6) is -0.108. The molecular formula is C14H20N4O3. The molecule has 0 atom stereocenters. The lowest BCUT2D eigenvalue weighted by molar-refractivity contribution is 0.0719. The number of carbonyl (C=O) groups is 2. The monoisotopic (exact) mass is 292 g/mol. The van der Waals surface area contributed by atoms with Gasteiger partial charge < -0.3 is 15.0 Å². The van der Waals surface area contributed by atoms with Crippen molar-refractivity contribution in [2.24, 2.45) is 0 Å². The SMILES string of the molecule is O=C(NCCN1CCCOC1=O)c1cnn2c1CCCC2. The third-order valence-electron chi connectivity index (χ3n) is 3.95. The van der Waals surface area contributed by atoms with Crippen LogP contribution in [-0.2, 0) is 17.7 Å². The van der Waals surface area contributed by atoms with Gasteiger partial charge in [-0.15, -0.1) is 0 Å². The largest absolute Gasteiger partial charge is 0.449 e. The molecule has 0 aliphatic carbocycles. The van der Waals surface area contributed by atoms with Crippen molar-refractivity contribution in [1.82, 2.24) is 20.0 Å². The lowest BCUT2D eigenvalue weighted by Crippen LogP contribution is -2.42. The van der Waals surface area contributed by atoms with Gasteiger partial charge in [0.25, 0.3) is 5.91 Å². The number of hydrogen-bond donors (Lipinski definition) is 1. The third-order valence-corrected chi connectivity index (χ3v) is 3.95. The number of carbonyl (C=O) groups excluding carboxylic acids is 2. The Morgan fingerprint density at radius 2 is 2.24 bits per heavy atom. The highest BCUT2D eigenvalue weighted by Gasteiger charge is 2.21. The summed E-state index contributed by atoms with van der Waals surface area (Å²) in [6.45, 7) is 2.98. The Hall–Kier alpha value is -2.05. The van der Waals surface area contributed by atoms with Gasteiger partial charge in [0.1, 0.15) is 0 Å². The van der Waals surface area contributed by atoms with Crippen molar-refractivity contribution < 1.29 is 14.3 Å². The van der Waals surface area contributed by atoms with Crippen LogP contribution in [0.1, 0.15) is 35.3 Å². The fourth-order valence-electron chi connectivity index (χ4n) is 2.81. The molecule has 3 rings (SSSR count). The predicted molar refractivity (Wildman–Crippen MR) is 75.0 cm³/mol. The molecule has 2 aliphatic rings. The fraction of sp³-hybridized carbons (Fsp3) is 0.643. The molecule has 7 heteroatoms. The number of aryl methyl sites for hydroxylation is 1. The first-order valence-electron chi connectivity index (χ1n) is 7.50. The van der Waals surface area contributed by atoms with Crippen LogP contribution in [0.5, 0.6) is 0 Å². The molecule has 1 N–H and O–H groups in total. The zero-order valence-corrected chi connectivity index (χ0v) is 12.0. The molecule has 1 fully saturated rings. The molecule has 1 aromatic rings. The summed E-state index contributed by atoms with van der Waals surface area (Å²) >= 11 is 0. The number of aromatic nitrogens is 2. The van der Waals surface area contributed by atoms with Gasteiger partial charge in [-0.1, -0.05) is 0 Å². The van der Waals surface area contributed by atoms with Crippen LogP contribution in [0.15, 0.2) is 6.20 Å². The maximum absolute atomic E-state index is 12.2. The summed E-state index contributed by atoms with van der Waals surface area (Å²) in [4.78, 5) is 25.3. The standard InChI is InChI=1S/C14H20N4O3/c19-13(11-10-16-18-7-2-1-4-12(11)18)15-5-8-17-6-3-9-21-14(17)20/h10H,1-9H2,(H,15,19). The van der Waals surface area contributed by atoms with E-state index in [2.05, 4.69) is 10.4 Å². The minimum Gasteiger partial charge on any atom is -0.449 e. The van der Waals surface area contributed by atoms with Crippen molar-refractivity contribution in [3.63, 3.8) is 0 Å². The van der Waals surface area contributed by atoms with Crippen molar-refractivity contribution >= 4 is 12.0 Å². The highest BCUT2D eigenvalue weighted by atomic mass is 16.6. The lowest BCUT2D eigenvalue weighted by Gasteiger charge is -2.26. The first kappa shape index (κ1) is 13.9. The zero-order valence-electron chi connectivity index (χ0n) is 12.0. The van der Waals surface area contributed by atoms with Gasteiger partial charge in [0.2, 0.25) is 0 Å². The summed E-state index contributed by atoms with van der Waals surface area (Å²) in [6, 6.07) is 0. The quantitative estimate of drug-likeness (QED) is 0.890. The Labute approximate surface area is 123 Å². The maximum atomic E-state index is 12.2. The molecule has 2 aliphatic heterocycles. The van der Waals surface area contributed by atoms with Crippen LogP contribution in [0.3, 0.4) is 0 Å². The molecular weight excluding hydrogens is 272 g/mol. The Kier molecular flexibility index (Phi) is 4.08. The molecule has 1 aromatic heterocycles. The molecule has 1 saturated heterocycles.